The molecule has 0 saturated heterocycles. The van der Waals surface area contributed by atoms with Crippen molar-refractivity contribution < 1.29 is 9.53 Å². The number of carbonyl (C=O) groups excluding carboxylic acids is 1. The summed E-state index contributed by atoms with van der Waals surface area (Å²) < 4.78 is 4.98. The zero-order valence-corrected chi connectivity index (χ0v) is 12.6. The van der Waals surface area contributed by atoms with E-state index in [2.05, 4.69) is 5.32 Å². The van der Waals surface area contributed by atoms with Crippen LogP contribution in [0.1, 0.15) is 43.0 Å². The molecule has 0 spiro atoms. The van der Waals surface area contributed by atoms with Gasteiger partial charge in [0.2, 0.25) is 0 Å². The second kappa shape index (κ2) is 5.96. The lowest BCUT2D eigenvalue weighted by Gasteiger charge is -2.22. The minimum Gasteiger partial charge on any atom is -0.462 e. The van der Waals surface area contributed by atoms with E-state index in [4.69, 9.17) is 10.5 Å². The molecule has 2 aliphatic rings. The van der Waals surface area contributed by atoms with Crippen molar-refractivity contribution in [2.75, 3.05) is 24.2 Å². The molecule has 2 aliphatic carbocycles. The maximum Gasteiger partial charge on any atom is 0.338 e. The van der Waals surface area contributed by atoms with Gasteiger partial charge in [0.1, 0.15) is 0 Å². The number of carbonyl (C=O) groups is 1. The van der Waals surface area contributed by atoms with Gasteiger partial charge in [-0.25, -0.2) is 4.79 Å². The molecule has 0 amide bonds. The molecule has 3 atom stereocenters. The van der Waals surface area contributed by atoms with E-state index in [1.54, 1.807) is 19.1 Å². The first-order chi connectivity index (χ1) is 10.2. The molecule has 2 saturated carbocycles. The maximum absolute atomic E-state index is 11.7. The van der Waals surface area contributed by atoms with Crippen LogP contribution in [0.25, 0.3) is 0 Å². The standard InChI is InChI=1S/C17H24N2O2/c1-2-21-17(20)13-5-6-16(15(18)9-13)19-10-14-8-11-3-4-12(14)7-11/h5-6,9,11-12,14,19H,2-4,7-8,10,18H2,1H3. The van der Waals surface area contributed by atoms with E-state index in [1.807, 2.05) is 6.07 Å². The monoisotopic (exact) mass is 288 g/mol. The number of hydrogen-bond acceptors (Lipinski definition) is 4. The van der Waals surface area contributed by atoms with Crippen LogP contribution in [0.15, 0.2) is 18.2 Å². The van der Waals surface area contributed by atoms with Crippen LogP contribution in [-0.2, 0) is 4.74 Å². The van der Waals surface area contributed by atoms with Gasteiger partial charge in [0.05, 0.1) is 23.5 Å². The predicted octanol–water partition coefficient (Wildman–Crippen LogP) is 3.29. The van der Waals surface area contributed by atoms with E-state index >= 15 is 0 Å². The average Bonchev–Trinajstić information content (AvgIpc) is 3.08. The van der Waals surface area contributed by atoms with Gasteiger partial charge in [0.25, 0.3) is 0 Å². The number of fused-ring (bicyclic) bond motifs is 2. The molecule has 1 aromatic rings. The highest BCUT2D eigenvalue weighted by molar-refractivity contribution is 5.91. The molecule has 21 heavy (non-hydrogen) atoms. The van der Waals surface area contributed by atoms with Crippen molar-refractivity contribution in [3.05, 3.63) is 23.8 Å². The van der Waals surface area contributed by atoms with Gasteiger partial charge >= 0.3 is 5.97 Å². The lowest BCUT2D eigenvalue weighted by atomic mass is 9.89. The fraction of sp³-hybridized carbons (Fsp3) is 0.588. The Bertz CT molecular complexity index is 530. The highest BCUT2D eigenvalue weighted by Crippen LogP contribution is 2.48. The smallest absolute Gasteiger partial charge is 0.338 e. The first-order valence-corrected chi connectivity index (χ1v) is 7.98. The number of anilines is 2. The fourth-order valence-corrected chi connectivity index (χ4v) is 3.93. The summed E-state index contributed by atoms with van der Waals surface area (Å²) in [5, 5.41) is 3.46. The molecule has 0 radical (unpaired) electrons. The Kier molecular flexibility index (Phi) is 4.04. The summed E-state index contributed by atoms with van der Waals surface area (Å²) in [5.41, 5.74) is 8.10. The van der Waals surface area contributed by atoms with Crippen LogP contribution in [0.5, 0.6) is 0 Å². The van der Waals surface area contributed by atoms with Crippen LogP contribution in [0.3, 0.4) is 0 Å². The average molecular weight is 288 g/mol. The quantitative estimate of drug-likeness (QED) is 0.644. The highest BCUT2D eigenvalue weighted by Gasteiger charge is 2.39. The van der Waals surface area contributed by atoms with Gasteiger partial charge in [0.15, 0.2) is 0 Å². The van der Waals surface area contributed by atoms with Crippen molar-refractivity contribution in [1.29, 1.82) is 0 Å². The number of ether oxygens (including phenoxy) is 1. The Morgan fingerprint density at radius 3 is 2.86 bits per heavy atom. The molecule has 2 fully saturated rings. The molecule has 3 unspecified atom stereocenters. The highest BCUT2D eigenvalue weighted by atomic mass is 16.5. The minimum atomic E-state index is -0.316. The normalized spacial score (nSPS) is 26.8. The number of hydrogen-bond donors (Lipinski definition) is 2. The van der Waals surface area contributed by atoms with Crippen molar-refractivity contribution in [2.24, 2.45) is 17.8 Å². The van der Waals surface area contributed by atoms with Crippen LogP contribution in [0.2, 0.25) is 0 Å². The van der Waals surface area contributed by atoms with Gasteiger partial charge in [-0.15, -0.1) is 0 Å². The number of nitrogens with two attached hydrogens (primary N) is 1. The van der Waals surface area contributed by atoms with Gasteiger partial charge < -0.3 is 15.8 Å². The number of esters is 1. The van der Waals surface area contributed by atoms with E-state index in [0.717, 1.165) is 30.0 Å². The molecule has 4 nitrogen and oxygen atoms in total. The molecule has 4 heteroatoms. The summed E-state index contributed by atoms with van der Waals surface area (Å²) in [6, 6.07) is 5.35. The summed E-state index contributed by atoms with van der Waals surface area (Å²) in [4.78, 5) is 11.7. The summed E-state index contributed by atoms with van der Waals surface area (Å²) in [5.74, 6) is 2.34. The molecule has 0 aromatic heterocycles. The van der Waals surface area contributed by atoms with Gasteiger partial charge in [-0.1, -0.05) is 6.42 Å². The molecular weight excluding hydrogens is 264 g/mol. The lowest BCUT2D eigenvalue weighted by molar-refractivity contribution is 0.0526. The Balaban J connectivity index is 1.59. The van der Waals surface area contributed by atoms with Gasteiger partial charge in [-0.2, -0.15) is 0 Å². The molecule has 3 N–H and O–H groups in total. The summed E-state index contributed by atoms with van der Waals surface area (Å²) >= 11 is 0. The van der Waals surface area contributed by atoms with Crippen molar-refractivity contribution >= 4 is 17.3 Å². The minimum absolute atomic E-state index is 0.316. The fourth-order valence-electron chi connectivity index (χ4n) is 3.93. The van der Waals surface area contributed by atoms with Gasteiger partial charge in [-0.05, 0) is 62.1 Å². The first-order valence-electron chi connectivity index (χ1n) is 7.98. The molecule has 0 aliphatic heterocycles. The zero-order chi connectivity index (χ0) is 14.8. The van der Waals surface area contributed by atoms with Crippen LogP contribution < -0.4 is 11.1 Å². The molecule has 3 rings (SSSR count). The van der Waals surface area contributed by atoms with Crippen molar-refractivity contribution in [1.82, 2.24) is 0 Å². The third kappa shape index (κ3) is 2.99. The Hall–Kier alpha value is -1.71. The third-order valence-corrected chi connectivity index (χ3v) is 5.00. The van der Waals surface area contributed by atoms with Crippen molar-refractivity contribution in [3.63, 3.8) is 0 Å². The Morgan fingerprint density at radius 2 is 2.24 bits per heavy atom. The van der Waals surface area contributed by atoms with E-state index < -0.39 is 0 Å². The number of benzene rings is 1. The predicted molar refractivity (Wildman–Crippen MR) is 84.2 cm³/mol. The zero-order valence-electron chi connectivity index (χ0n) is 12.6. The van der Waals surface area contributed by atoms with Crippen LogP contribution in [-0.4, -0.2) is 19.1 Å². The maximum atomic E-state index is 11.7. The second-order valence-corrected chi connectivity index (χ2v) is 6.34. The van der Waals surface area contributed by atoms with Crippen molar-refractivity contribution in [2.45, 2.75) is 32.6 Å². The lowest BCUT2D eigenvalue weighted by Crippen LogP contribution is -2.20. The second-order valence-electron chi connectivity index (χ2n) is 6.34. The molecule has 0 heterocycles. The van der Waals surface area contributed by atoms with Gasteiger partial charge in [0, 0.05) is 6.54 Å². The Morgan fingerprint density at radius 1 is 1.38 bits per heavy atom. The summed E-state index contributed by atoms with van der Waals surface area (Å²) in [7, 11) is 0. The molecular formula is C17H24N2O2. The summed E-state index contributed by atoms with van der Waals surface area (Å²) in [6.45, 7) is 3.17. The van der Waals surface area contributed by atoms with Crippen LogP contribution in [0.4, 0.5) is 11.4 Å². The summed E-state index contributed by atoms with van der Waals surface area (Å²) in [6.07, 6.45) is 5.61. The van der Waals surface area contributed by atoms with Crippen LogP contribution in [0, 0.1) is 17.8 Å². The first kappa shape index (κ1) is 14.2. The molecule has 2 bridgehead atoms. The van der Waals surface area contributed by atoms with E-state index in [1.165, 1.54) is 25.7 Å². The molecule has 114 valence electrons. The Labute approximate surface area is 126 Å². The van der Waals surface area contributed by atoms with E-state index in [9.17, 15) is 4.79 Å². The largest absolute Gasteiger partial charge is 0.462 e. The topological polar surface area (TPSA) is 64.3 Å². The number of nitrogens with one attached hydrogen (secondary N) is 1. The van der Waals surface area contributed by atoms with Crippen LogP contribution >= 0.6 is 0 Å². The van der Waals surface area contributed by atoms with E-state index in [0.29, 0.717) is 17.9 Å². The SMILES string of the molecule is CCOC(=O)c1ccc(NCC2CC3CCC2C3)c(N)c1. The third-order valence-electron chi connectivity index (χ3n) is 5.00. The number of nitrogen functional groups attached to an aromatic ring is 1. The van der Waals surface area contributed by atoms with E-state index in [-0.39, 0.29) is 5.97 Å². The van der Waals surface area contributed by atoms with Gasteiger partial charge in [-0.3, -0.25) is 0 Å². The number of rotatable bonds is 5. The van der Waals surface area contributed by atoms with Crippen molar-refractivity contribution in [3.8, 4) is 0 Å². The molecule has 1 aromatic carbocycles.